The summed E-state index contributed by atoms with van der Waals surface area (Å²) in [5.74, 6) is -0.581. The Labute approximate surface area is 115 Å². The van der Waals surface area contributed by atoms with Gasteiger partial charge in [-0.05, 0) is 24.5 Å². The van der Waals surface area contributed by atoms with Gasteiger partial charge in [0, 0.05) is 12.3 Å². The van der Waals surface area contributed by atoms with Crippen LogP contribution < -0.4 is 4.72 Å². The standard InChI is InChI=1S/C10H12ClNO4S2/c1-17-5-4-12-18(15,16)9-6-7(10(13)14)2-3-8(9)11/h2-3,6,12H,4-5H2,1H3,(H,13,14). The SMILES string of the molecule is CSCCNS(=O)(=O)c1cc(C(=O)O)ccc1Cl. The van der Waals surface area contributed by atoms with E-state index < -0.39 is 16.0 Å². The minimum absolute atomic E-state index is 0.00310. The number of carboxylic acid groups (broad SMARTS) is 1. The molecule has 1 rings (SSSR count). The van der Waals surface area contributed by atoms with Crippen LogP contribution in [0, 0.1) is 0 Å². The minimum Gasteiger partial charge on any atom is -0.478 e. The van der Waals surface area contributed by atoms with Crippen LogP contribution in [0.4, 0.5) is 0 Å². The van der Waals surface area contributed by atoms with Gasteiger partial charge in [0.1, 0.15) is 4.90 Å². The number of halogens is 1. The second-order valence-electron chi connectivity index (χ2n) is 3.34. The van der Waals surface area contributed by atoms with Crippen molar-refractivity contribution in [3.63, 3.8) is 0 Å². The lowest BCUT2D eigenvalue weighted by molar-refractivity contribution is 0.0696. The Balaban J connectivity index is 3.07. The lowest BCUT2D eigenvalue weighted by atomic mass is 10.2. The van der Waals surface area contributed by atoms with Crippen LogP contribution in [0.5, 0.6) is 0 Å². The van der Waals surface area contributed by atoms with Crippen LogP contribution >= 0.6 is 23.4 Å². The van der Waals surface area contributed by atoms with Crippen LogP contribution in [-0.2, 0) is 10.0 Å². The maximum atomic E-state index is 11.9. The lowest BCUT2D eigenvalue weighted by Gasteiger charge is -2.08. The van der Waals surface area contributed by atoms with E-state index in [4.69, 9.17) is 16.7 Å². The van der Waals surface area contributed by atoms with Crippen LogP contribution in [0.2, 0.25) is 5.02 Å². The Morgan fingerprint density at radius 3 is 2.72 bits per heavy atom. The van der Waals surface area contributed by atoms with Crippen LogP contribution in [0.3, 0.4) is 0 Å². The van der Waals surface area contributed by atoms with Gasteiger partial charge in [-0.3, -0.25) is 0 Å². The third kappa shape index (κ3) is 3.88. The fraction of sp³-hybridized carbons (Fsp3) is 0.300. The van der Waals surface area contributed by atoms with Gasteiger partial charge in [-0.1, -0.05) is 11.6 Å². The molecule has 100 valence electrons. The molecule has 8 heteroatoms. The smallest absolute Gasteiger partial charge is 0.335 e. The summed E-state index contributed by atoms with van der Waals surface area (Å²) >= 11 is 7.28. The normalized spacial score (nSPS) is 11.4. The summed E-state index contributed by atoms with van der Waals surface area (Å²) in [5, 5.41) is 8.82. The number of thioether (sulfide) groups is 1. The lowest BCUT2D eigenvalue weighted by Crippen LogP contribution is -2.26. The molecule has 0 aromatic heterocycles. The highest BCUT2D eigenvalue weighted by atomic mass is 35.5. The monoisotopic (exact) mass is 309 g/mol. The summed E-state index contributed by atoms with van der Waals surface area (Å²) in [6.07, 6.45) is 1.85. The summed E-state index contributed by atoms with van der Waals surface area (Å²) in [6.45, 7) is 0.261. The van der Waals surface area contributed by atoms with E-state index in [1.807, 2.05) is 6.26 Å². The summed E-state index contributed by atoms with van der Waals surface area (Å²) in [5.41, 5.74) is -0.121. The van der Waals surface area contributed by atoms with E-state index in [0.29, 0.717) is 5.75 Å². The highest BCUT2D eigenvalue weighted by Crippen LogP contribution is 2.22. The third-order valence-corrected chi connectivity index (χ3v) is 4.62. The first kappa shape index (κ1) is 15.3. The highest BCUT2D eigenvalue weighted by molar-refractivity contribution is 7.98. The van der Waals surface area contributed by atoms with Gasteiger partial charge in [0.15, 0.2) is 0 Å². The van der Waals surface area contributed by atoms with Crippen molar-refractivity contribution >= 4 is 39.4 Å². The Bertz CT molecular complexity index is 545. The molecule has 2 N–H and O–H groups in total. The molecule has 0 aliphatic heterocycles. The molecule has 0 radical (unpaired) electrons. The zero-order chi connectivity index (χ0) is 13.8. The van der Waals surface area contributed by atoms with Crippen LogP contribution in [0.15, 0.2) is 23.1 Å². The van der Waals surface area contributed by atoms with Crippen molar-refractivity contribution in [2.45, 2.75) is 4.90 Å². The average Bonchev–Trinajstić information content (AvgIpc) is 2.29. The predicted octanol–water partition coefficient (Wildman–Crippen LogP) is 1.68. The van der Waals surface area contributed by atoms with Crippen molar-refractivity contribution in [3.05, 3.63) is 28.8 Å². The van der Waals surface area contributed by atoms with Gasteiger partial charge in [-0.2, -0.15) is 11.8 Å². The van der Waals surface area contributed by atoms with Gasteiger partial charge < -0.3 is 5.11 Å². The number of carbonyl (C=O) groups is 1. The van der Waals surface area contributed by atoms with Gasteiger partial charge in [-0.15, -0.1) is 0 Å². The number of benzene rings is 1. The third-order valence-electron chi connectivity index (χ3n) is 2.07. The van der Waals surface area contributed by atoms with E-state index in [9.17, 15) is 13.2 Å². The van der Waals surface area contributed by atoms with Crippen molar-refractivity contribution in [3.8, 4) is 0 Å². The molecule has 0 bridgehead atoms. The number of hydrogen-bond donors (Lipinski definition) is 2. The first-order chi connectivity index (χ1) is 8.38. The molecular formula is C10H12ClNO4S2. The first-order valence-corrected chi connectivity index (χ1v) is 8.15. The topological polar surface area (TPSA) is 83.5 Å². The van der Waals surface area contributed by atoms with E-state index in [-0.39, 0.29) is 22.0 Å². The first-order valence-electron chi connectivity index (χ1n) is 4.90. The summed E-state index contributed by atoms with van der Waals surface area (Å²) in [6, 6.07) is 3.56. The summed E-state index contributed by atoms with van der Waals surface area (Å²) in [4.78, 5) is 10.6. The molecule has 0 unspecified atom stereocenters. The molecule has 0 spiro atoms. The van der Waals surface area contributed by atoms with Gasteiger partial charge >= 0.3 is 5.97 Å². The molecule has 18 heavy (non-hydrogen) atoms. The van der Waals surface area contributed by atoms with Crippen LogP contribution in [0.25, 0.3) is 0 Å². The summed E-state index contributed by atoms with van der Waals surface area (Å²) < 4.78 is 26.2. The molecular weight excluding hydrogens is 298 g/mol. The van der Waals surface area contributed by atoms with Crippen molar-refractivity contribution in [1.29, 1.82) is 0 Å². The van der Waals surface area contributed by atoms with Crippen molar-refractivity contribution in [1.82, 2.24) is 4.72 Å². The average molecular weight is 310 g/mol. The number of rotatable bonds is 6. The molecule has 0 amide bonds. The van der Waals surface area contributed by atoms with Crippen molar-refractivity contribution in [2.75, 3.05) is 18.6 Å². The maximum absolute atomic E-state index is 11.9. The van der Waals surface area contributed by atoms with Gasteiger partial charge in [-0.25, -0.2) is 17.9 Å². The number of carboxylic acids is 1. The molecule has 0 heterocycles. The van der Waals surface area contributed by atoms with Crippen molar-refractivity contribution < 1.29 is 18.3 Å². The fourth-order valence-corrected chi connectivity index (χ4v) is 3.19. The second-order valence-corrected chi connectivity index (χ2v) is 6.47. The van der Waals surface area contributed by atoms with E-state index in [0.717, 1.165) is 6.07 Å². The second kappa shape index (κ2) is 6.42. The molecule has 0 aliphatic carbocycles. The fourth-order valence-electron chi connectivity index (χ4n) is 1.20. The summed E-state index contributed by atoms with van der Waals surface area (Å²) in [7, 11) is -3.78. The number of aromatic carboxylic acids is 1. The van der Waals surface area contributed by atoms with Crippen LogP contribution in [-0.4, -0.2) is 38.0 Å². The quantitative estimate of drug-likeness (QED) is 0.781. The van der Waals surface area contributed by atoms with Gasteiger partial charge in [0.05, 0.1) is 10.6 Å². The molecule has 0 saturated carbocycles. The van der Waals surface area contributed by atoms with E-state index in [2.05, 4.69) is 4.72 Å². The largest absolute Gasteiger partial charge is 0.478 e. The molecule has 0 fully saturated rings. The molecule has 5 nitrogen and oxygen atoms in total. The van der Waals surface area contributed by atoms with Gasteiger partial charge in [0.25, 0.3) is 0 Å². The Morgan fingerprint density at radius 1 is 1.50 bits per heavy atom. The van der Waals surface area contributed by atoms with Crippen LogP contribution in [0.1, 0.15) is 10.4 Å². The molecule has 0 atom stereocenters. The van der Waals surface area contributed by atoms with E-state index in [1.54, 1.807) is 0 Å². The minimum atomic E-state index is -3.78. The van der Waals surface area contributed by atoms with E-state index in [1.165, 1.54) is 23.9 Å². The molecule has 0 aliphatic rings. The Kier molecular flexibility index (Phi) is 5.46. The van der Waals surface area contributed by atoms with Crippen molar-refractivity contribution in [2.24, 2.45) is 0 Å². The molecule has 1 aromatic carbocycles. The zero-order valence-corrected chi connectivity index (χ0v) is 11.9. The Morgan fingerprint density at radius 2 is 2.17 bits per heavy atom. The number of hydrogen-bond acceptors (Lipinski definition) is 4. The molecule has 1 aromatic rings. The highest BCUT2D eigenvalue weighted by Gasteiger charge is 2.19. The van der Waals surface area contributed by atoms with E-state index >= 15 is 0 Å². The maximum Gasteiger partial charge on any atom is 0.335 e. The molecule has 0 saturated heterocycles. The number of sulfonamides is 1. The Hall–Kier alpha value is -0.760. The van der Waals surface area contributed by atoms with Gasteiger partial charge in [0.2, 0.25) is 10.0 Å². The predicted molar refractivity (Wildman–Crippen MR) is 72.0 cm³/mol. The zero-order valence-electron chi connectivity index (χ0n) is 9.51. The number of nitrogens with one attached hydrogen (secondary N) is 1.